The van der Waals surface area contributed by atoms with Gasteiger partial charge in [-0.3, -0.25) is 0 Å². The quantitative estimate of drug-likeness (QED) is 0.471. The van der Waals surface area contributed by atoms with Gasteiger partial charge >= 0.3 is 6.18 Å². The average Bonchev–Trinajstić information content (AvgIpc) is 2.33. The summed E-state index contributed by atoms with van der Waals surface area (Å²) in [5.41, 5.74) is 4.81. The van der Waals surface area contributed by atoms with Crippen LogP contribution >= 0.6 is 12.2 Å². The number of sulfonamides is 1. The van der Waals surface area contributed by atoms with Gasteiger partial charge in [0.05, 0.1) is 10.5 Å². The van der Waals surface area contributed by atoms with E-state index in [1.54, 1.807) is 0 Å². The normalized spacial score (nSPS) is 12.4. The second-order valence-electron chi connectivity index (χ2n) is 4.09. The zero-order valence-electron chi connectivity index (χ0n) is 10.6. The molecule has 10 heteroatoms. The molecule has 4 nitrogen and oxygen atoms in total. The van der Waals surface area contributed by atoms with Crippen LogP contribution in [0.3, 0.4) is 0 Å². The Bertz CT molecular complexity index is 630. The van der Waals surface area contributed by atoms with E-state index in [9.17, 15) is 26.0 Å². The number of thiocarbonyl (C=S) groups is 1. The predicted octanol–water partition coefficient (Wildman–Crippen LogP) is 2.08. The lowest BCUT2D eigenvalue weighted by Gasteiger charge is -2.12. The van der Waals surface area contributed by atoms with Crippen molar-refractivity contribution < 1.29 is 26.0 Å². The van der Waals surface area contributed by atoms with Gasteiger partial charge in [0.2, 0.25) is 10.0 Å². The van der Waals surface area contributed by atoms with Crippen molar-refractivity contribution in [2.75, 3.05) is 6.54 Å². The highest BCUT2D eigenvalue weighted by atomic mass is 32.2. The number of hydrogen-bond acceptors (Lipinski definition) is 3. The highest BCUT2D eigenvalue weighted by molar-refractivity contribution is 7.89. The minimum absolute atomic E-state index is 0.430. The molecule has 0 radical (unpaired) electrons. The van der Waals surface area contributed by atoms with Crippen LogP contribution < -0.4 is 10.5 Å². The van der Waals surface area contributed by atoms with Crippen LogP contribution in [0, 0.1) is 5.82 Å². The molecule has 0 heterocycles. The third kappa shape index (κ3) is 5.21. The first-order valence-electron chi connectivity index (χ1n) is 5.69. The SMILES string of the molecule is NC(=S)c1c(F)cccc1S(=O)(=O)NCCCC(F)(F)F. The summed E-state index contributed by atoms with van der Waals surface area (Å²) in [4.78, 5) is -0.953. The molecule has 0 amide bonds. The minimum atomic E-state index is -4.37. The maximum Gasteiger partial charge on any atom is 0.389 e. The molecule has 1 aromatic rings. The fourth-order valence-electron chi connectivity index (χ4n) is 1.54. The molecule has 0 aliphatic carbocycles. The van der Waals surface area contributed by atoms with E-state index < -0.39 is 56.9 Å². The summed E-state index contributed by atoms with van der Waals surface area (Å²) in [6, 6.07) is 3.20. The fraction of sp³-hybridized carbons (Fsp3) is 0.364. The highest BCUT2D eigenvalue weighted by Crippen LogP contribution is 2.22. The van der Waals surface area contributed by atoms with Crippen molar-refractivity contribution in [3.8, 4) is 0 Å². The van der Waals surface area contributed by atoms with Crippen LogP contribution in [0.4, 0.5) is 17.6 Å². The molecule has 0 aliphatic heterocycles. The van der Waals surface area contributed by atoms with E-state index in [4.69, 9.17) is 5.73 Å². The van der Waals surface area contributed by atoms with Gasteiger partial charge in [-0.15, -0.1) is 0 Å². The topological polar surface area (TPSA) is 72.2 Å². The zero-order chi connectivity index (χ0) is 16.3. The lowest BCUT2D eigenvalue weighted by Crippen LogP contribution is -2.28. The van der Waals surface area contributed by atoms with Gasteiger partial charge in [-0.25, -0.2) is 17.5 Å². The van der Waals surface area contributed by atoms with Crippen LogP contribution in [0.2, 0.25) is 0 Å². The third-order valence-corrected chi connectivity index (χ3v) is 4.15. The van der Waals surface area contributed by atoms with Gasteiger partial charge in [0.1, 0.15) is 10.8 Å². The second-order valence-corrected chi connectivity index (χ2v) is 6.27. The molecule has 118 valence electrons. The largest absolute Gasteiger partial charge is 0.389 e. The second kappa shape index (κ2) is 6.67. The Hall–Kier alpha value is -1.26. The summed E-state index contributed by atoms with van der Waals surface area (Å²) in [6.45, 7) is -0.435. The average molecular weight is 344 g/mol. The molecule has 3 N–H and O–H groups in total. The number of alkyl halides is 3. The van der Waals surface area contributed by atoms with Crippen molar-refractivity contribution in [2.24, 2.45) is 5.73 Å². The van der Waals surface area contributed by atoms with Crippen LogP contribution in [0.5, 0.6) is 0 Å². The molecule has 0 bridgehead atoms. The van der Waals surface area contributed by atoms with Crippen molar-refractivity contribution in [1.82, 2.24) is 4.72 Å². The Morgan fingerprint density at radius 3 is 2.48 bits per heavy atom. The Morgan fingerprint density at radius 2 is 1.95 bits per heavy atom. The van der Waals surface area contributed by atoms with E-state index >= 15 is 0 Å². The van der Waals surface area contributed by atoms with E-state index in [1.807, 2.05) is 4.72 Å². The number of hydrogen-bond donors (Lipinski definition) is 2. The van der Waals surface area contributed by atoms with E-state index in [0.29, 0.717) is 0 Å². The molecular weight excluding hydrogens is 332 g/mol. The molecule has 21 heavy (non-hydrogen) atoms. The van der Waals surface area contributed by atoms with Crippen molar-refractivity contribution in [3.63, 3.8) is 0 Å². The summed E-state index contributed by atoms with van der Waals surface area (Å²) in [6.07, 6.45) is -5.92. The first-order valence-corrected chi connectivity index (χ1v) is 7.58. The molecular formula is C11H12F4N2O2S2. The maximum atomic E-state index is 13.6. The van der Waals surface area contributed by atoms with Crippen LogP contribution in [-0.2, 0) is 10.0 Å². The Kier molecular flexibility index (Phi) is 5.65. The summed E-state index contributed by atoms with van der Waals surface area (Å²) < 4.78 is 75.3. The van der Waals surface area contributed by atoms with Crippen molar-refractivity contribution in [3.05, 3.63) is 29.6 Å². The Balaban J connectivity index is 2.89. The molecule has 0 aromatic heterocycles. The number of benzene rings is 1. The first-order chi connectivity index (χ1) is 9.54. The molecule has 0 fully saturated rings. The number of halogens is 4. The zero-order valence-corrected chi connectivity index (χ0v) is 12.2. The summed E-state index contributed by atoms with van der Waals surface area (Å²) in [5, 5.41) is 0. The predicted molar refractivity (Wildman–Crippen MR) is 72.8 cm³/mol. The lowest BCUT2D eigenvalue weighted by molar-refractivity contribution is -0.135. The van der Waals surface area contributed by atoms with Gasteiger partial charge in [-0.1, -0.05) is 18.3 Å². The minimum Gasteiger partial charge on any atom is -0.389 e. The summed E-state index contributed by atoms with van der Waals surface area (Å²) >= 11 is 4.59. The Labute approximate surface area is 124 Å². The molecule has 0 unspecified atom stereocenters. The van der Waals surface area contributed by atoms with Gasteiger partial charge in [-0.2, -0.15) is 13.2 Å². The van der Waals surface area contributed by atoms with Gasteiger partial charge in [-0.05, 0) is 18.6 Å². The van der Waals surface area contributed by atoms with Gasteiger partial charge in [0, 0.05) is 13.0 Å². The van der Waals surface area contributed by atoms with Crippen LogP contribution in [0.15, 0.2) is 23.1 Å². The maximum absolute atomic E-state index is 13.6. The molecule has 0 saturated carbocycles. The molecule has 0 saturated heterocycles. The fourth-order valence-corrected chi connectivity index (χ4v) is 3.12. The van der Waals surface area contributed by atoms with Crippen LogP contribution in [-0.4, -0.2) is 26.1 Å². The number of rotatable bonds is 6. The standard InChI is InChI=1S/C11H12F4N2O2S2/c12-7-3-1-4-8(9(7)10(16)20)21(18,19)17-6-2-5-11(13,14)15/h1,3-4,17H,2,5-6H2,(H2,16,20). The molecule has 0 spiro atoms. The van der Waals surface area contributed by atoms with E-state index in [0.717, 1.165) is 18.2 Å². The van der Waals surface area contributed by atoms with Crippen molar-refractivity contribution >= 4 is 27.2 Å². The summed E-state index contributed by atoms with van der Waals surface area (Å²) in [5.74, 6) is -0.916. The van der Waals surface area contributed by atoms with Crippen molar-refractivity contribution in [1.29, 1.82) is 0 Å². The number of nitrogens with two attached hydrogens (primary N) is 1. The van der Waals surface area contributed by atoms with Gasteiger partial charge in [0.15, 0.2) is 0 Å². The van der Waals surface area contributed by atoms with E-state index in [1.165, 1.54) is 0 Å². The van der Waals surface area contributed by atoms with Gasteiger partial charge in [0.25, 0.3) is 0 Å². The lowest BCUT2D eigenvalue weighted by atomic mass is 10.2. The van der Waals surface area contributed by atoms with Crippen molar-refractivity contribution in [2.45, 2.75) is 23.9 Å². The van der Waals surface area contributed by atoms with Crippen LogP contribution in [0.25, 0.3) is 0 Å². The monoisotopic (exact) mass is 344 g/mol. The molecule has 0 aliphatic rings. The van der Waals surface area contributed by atoms with E-state index in [-0.39, 0.29) is 0 Å². The van der Waals surface area contributed by atoms with E-state index in [2.05, 4.69) is 12.2 Å². The number of nitrogens with one attached hydrogen (secondary N) is 1. The van der Waals surface area contributed by atoms with Crippen LogP contribution in [0.1, 0.15) is 18.4 Å². The van der Waals surface area contributed by atoms with Gasteiger partial charge < -0.3 is 5.73 Å². The molecule has 0 atom stereocenters. The molecule has 1 rings (SSSR count). The Morgan fingerprint density at radius 1 is 1.33 bits per heavy atom. The first kappa shape index (κ1) is 17.8. The smallest absolute Gasteiger partial charge is 0.389 e. The highest BCUT2D eigenvalue weighted by Gasteiger charge is 2.27. The third-order valence-electron chi connectivity index (χ3n) is 2.44. The molecule has 1 aromatic carbocycles. The summed E-state index contributed by atoms with van der Waals surface area (Å²) in [7, 11) is -4.20.